The van der Waals surface area contributed by atoms with Crippen LogP contribution in [0, 0.1) is 20.8 Å². The predicted molar refractivity (Wildman–Crippen MR) is 81.4 cm³/mol. The van der Waals surface area contributed by atoms with Crippen molar-refractivity contribution in [1.82, 2.24) is 9.97 Å². The fraction of sp³-hybridized carbons (Fsp3) is 0.200. The van der Waals surface area contributed by atoms with Crippen molar-refractivity contribution in [3.05, 3.63) is 46.6 Å². The Balaban J connectivity index is 2.09. The van der Waals surface area contributed by atoms with Gasteiger partial charge < -0.3 is 5.32 Å². The first-order valence-corrected chi connectivity index (χ1v) is 7.02. The number of benzene rings is 1. The summed E-state index contributed by atoms with van der Waals surface area (Å²) in [6.07, 6.45) is 0. The second-order valence-electron chi connectivity index (χ2n) is 4.69. The summed E-state index contributed by atoms with van der Waals surface area (Å²) in [4.78, 5) is 11.3. The molecule has 0 aliphatic carbocycles. The van der Waals surface area contributed by atoms with E-state index in [9.17, 15) is 0 Å². The Hall–Kier alpha value is -1.94. The molecule has 1 N–H and O–H groups in total. The van der Waals surface area contributed by atoms with Crippen LogP contribution in [0.25, 0.3) is 10.2 Å². The molecule has 2 aromatic heterocycles. The van der Waals surface area contributed by atoms with Crippen molar-refractivity contribution in [3.8, 4) is 0 Å². The summed E-state index contributed by atoms with van der Waals surface area (Å²) in [5.41, 5.74) is 2.29. The number of fused-ring (bicyclic) bond motifs is 1. The van der Waals surface area contributed by atoms with Crippen LogP contribution in [0.4, 0.5) is 11.5 Å². The molecule has 3 rings (SSSR count). The van der Waals surface area contributed by atoms with Crippen LogP contribution >= 0.6 is 11.3 Å². The van der Waals surface area contributed by atoms with Crippen LogP contribution in [0.5, 0.6) is 0 Å². The second-order valence-corrected chi connectivity index (χ2v) is 5.92. The van der Waals surface area contributed by atoms with Gasteiger partial charge in [0, 0.05) is 10.6 Å². The van der Waals surface area contributed by atoms with Gasteiger partial charge in [-0.15, -0.1) is 11.3 Å². The van der Waals surface area contributed by atoms with Gasteiger partial charge in [-0.25, -0.2) is 9.97 Å². The van der Waals surface area contributed by atoms with Crippen molar-refractivity contribution in [2.24, 2.45) is 0 Å². The Bertz CT molecular complexity index is 746. The van der Waals surface area contributed by atoms with Crippen LogP contribution in [0.3, 0.4) is 0 Å². The van der Waals surface area contributed by atoms with Crippen molar-refractivity contribution in [1.29, 1.82) is 0 Å². The molecule has 0 fully saturated rings. The van der Waals surface area contributed by atoms with E-state index in [4.69, 9.17) is 0 Å². The minimum atomic E-state index is 0.796. The summed E-state index contributed by atoms with van der Waals surface area (Å²) in [6, 6.07) is 10.4. The summed E-state index contributed by atoms with van der Waals surface area (Å²) in [6.45, 7) is 6.11. The molecule has 2 heterocycles. The smallest absolute Gasteiger partial charge is 0.142 e. The average Bonchev–Trinajstić information content (AvgIpc) is 2.69. The molecule has 0 bridgehead atoms. The number of nitrogens with zero attached hydrogens (tertiary/aromatic N) is 2. The quantitative estimate of drug-likeness (QED) is 0.751. The van der Waals surface area contributed by atoms with E-state index in [0.717, 1.165) is 27.5 Å². The minimum Gasteiger partial charge on any atom is -0.340 e. The molecule has 0 saturated carbocycles. The van der Waals surface area contributed by atoms with Crippen molar-refractivity contribution in [2.45, 2.75) is 20.8 Å². The van der Waals surface area contributed by atoms with Gasteiger partial charge in [0.2, 0.25) is 0 Å². The maximum atomic E-state index is 4.52. The molecule has 0 atom stereocenters. The number of hydrogen-bond donors (Lipinski definition) is 1. The number of aromatic nitrogens is 2. The van der Waals surface area contributed by atoms with Crippen molar-refractivity contribution >= 4 is 33.1 Å². The molecule has 0 spiro atoms. The van der Waals surface area contributed by atoms with E-state index in [1.165, 1.54) is 10.4 Å². The first-order chi connectivity index (χ1) is 9.11. The monoisotopic (exact) mass is 269 g/mol. The molecule has 0 saturated heterocycles. The Kier molecular flexibility index (Phi) is 2.95. The second kappa shape index (κ2) is 4.63. The zero-order valence-corrected chi connectivity index (χ0v) is 12.0. The number of anilines is 2. The van der Waals surface area contributed by atoms with Crippen LogP contribution in [-0.2, 0) is 0 Å². The number of nitrogens with one attached hydrogen (secondary N) is 1. The highest BCUT2D eigenvalue weighted by Crippen LogP contribution is 2.30. The molecule has 96 valence electrons. The minimum absolute atomic E-state index is 0.796. The van der Waals surface area contributed by atoms with E-state index in [1.54, 1.807) is 11.3 Å². The zero-order valence-electron chi connectivity index (χ0n) is 11.2. The van der Waals surface area contributed by atoms with Crippen molar-refractivity contribution in [3.63, 3.8) is 0 Å². The fourth-order valence-corrected chi connectivity index (χ4v) is 3.03. The first kappa shape index (κ1) is 12.1. The van der Waals surface area contributed by atoms with Gasteiger partial charge in [-0.2, -0.15) is 0 Å². The molecule has 3 nitrogen and oxygen atoms in total. The summed E-state index contributed by atoms with van der Waals surface area (Å²) >= 11 is 1.70. The van der Waals surface area contributed by atoms with E-state index in [0.29, 0.717) is 0 Å². The third-order valence-electron chi connectivity index (χ3n) is 2.91. The van der Waals surface area contributed by atoms with Gasteiger partial charge in [-0.05, 0) is 44.5 Å². The number of hydrogen-bond acceptors (Lipinski definition) is 4. The summed E-state index contributed by atoms with van der Waals surface area (Å²) in [5.74, 6) is 1.68. The van der Waals surface area contributed by atoms with Gasteiger partial charge in [0.05, 0.1) is 5.39 Å². The molecule has 1 aromatic carbocycles. The SMILES string of the molecule is Cc1cccc(Nc2nc(C)nc3sc(C)cc23)c1. The number of rotatable bonds is 2. The molecule has 0 unspecified atom stereocenters. The Morgan fingerprint density at radius 2 is 1.89 bits per heavy atom. The zero-order chi connectivity index (χ0) is 13.4. The van der Waals surface area contributed by atoms with Gasteiger partial charge in [-0.3, -0.25) is 0 Å². The van der Waals surface area contributed by atoms with E-state index in [2.05, 4.69) is 53.4 Å². The highest BCUT2D eigenvalue weighted by atomic mass is 32.1. The molecule has 0 radical (unpaired) electrons. The van der Waals surface area contributed by atoms with Gasteiger partial charge in [0.25, 0.3) is 0 Å². The van der Waals surface area contributed by atoms with E-state index in [1.807, 2.05) is 13.0 Å². The van der Waals surface area contributed by atoms with Crippen LogP contribution < -0.4 is 5.32 Å². The topological polar surface area (TPSA) is 37.8 Å². The van der Waals surface area contributed by atoms with Crippen LogP contribution in [-0.4, -0.2) is 9.97 Å². The maximum absolute atomic E-state index is 4.52. The normalized spacial score (nSPS) is 10.9. The van der Waals surface area contributed by atoms with E-state index < -0.39 is 0 Å². The van der Waals surface area contributed by atoms with E-state index in [-0.39, 0.29) is 0 Å². The molecule has 0 amide bonds. The highest BCUT2D eigenvalue weighted by molar-refractivity contribution is 7.18. The number of thiophene rings is 1. The molecule has 4 heteroatoms. The molecule has 0 aliphatic rings. The predicted octanol–water partition coefficient (Wildman–Crippen LogP) is 4.36. The third kappa shape index (κ3) is 2.44. The molecule has 3 aromatic rings. The van der Waals surface area contributed by atoms with Crippen LogP contribution in [0.15, 0.2) is 30.3 Å². The summed E-state index contributed by atoms with van der Waals surface area (Å²) in [5, 5.41) is 4.49. The largest absolute Gasteiger partial charge is 0.340 e. The third-order valence-corrected chi connectivity index (χ3v) is 3.85. The van der Waals surface area contributed by atoms with Gasteiger partial charge in [-0.1, -0.05) is 12.1 Å². The lowest BCUT2D eigenvalue weighted by atomic mass is 10.2. The lowest BCUT2D eigenvalue weighted by Crippen LogP contribution is -1.97. The standard InChI is InChI=1S/C15H15N3S/c1-9-5-4-6-12(7-9)18-14-13-8-10(2)19-15(13)17-11(3)16-14/h4-8H,1-3H3,(H,16,17,18). The molecule has 0 aliphatic heterocycles. The Morgan fingerprint density at radius 1 is 1.05 bits per heavy atom. The molecular formula is C15H15N3S. The molecule has 19 heavy (non-hydrogen) atoms. The number of aryl methyl sites for hydroxylation is 3. The van der Waals surface area contributed by atoms with Crippen LogP contribution in [0.1, 0.15) is 16.3 Å². The van der Waals surface area contributed by atoms with Crippen molar-refractivity contribution in [2.75, 3.05) is 5.32 Å². The fourth-order valence-electron chi connectivity index (χ4n) is 2.10. The molecular weight excluding hydrogens is 254 g/mol. The van der Waals surface area contributed by atoms with E-state index >= 15 is 0 Å². The van der Waals surface area contributed by atoms with Gasteiger partial charge >= 0.3 is 0 Å². The maximum Gasteiger partial charge on any atom is 0.142 e. The lowest BCUT2D eigenvalue weighted by Gasteiger charge is -2.08. The Labute approximate surface area is 116 Å². The lowest BCUT2D eigenvalue weighted by molar-refractivity contribution is 1.10. The first-order valence-electron chi connectivity index (χ1n) is 6.20. The summed E-state index contributed by atoms with van der Waals surface area (Å²) in [7, 11) is 0. The van der Waals surface area contributed by atoms with Crippen molar-refractivity contribution < 1.29 is 0 Å². The Morgan fingerprint density at radius 3 is 2.68 bits per heavy atom. The highest BCUT2D eigenvalue weighted by Gasteiger charge is 2.09. The summed E-state index contributed by atoms with van der Waals surface area (Å²) < 4.78 is 0. The average molecular weight is 269 g/mol. The van der Waals surface area contributed by atoms with Crippen LogP contribution in [0.2, 0.25) is 0 Å². The van der Waals surface area contributed by atoms with Gasteiger partial charge in [0.15, 0.2) is 0 Å². The van der Waals surface area contributed by atoms with Gasteiger partial charge in [0.1, 0.15) is 16.5 Å².